The summed E-state index contributed by atoms with van der Waals surface area (Å²) in [5.74, 6) is 0.872. The Kier molecular flexibility index (Phi) is 8.79. The lowest BCUT2D eigenvalue weighted by Gasteiger charge is -2.13. The summed E-state index contributed by atoms with van der Waals surface area (Å²) in [6.45, 7) is 5.83. The molecular weight excluding hydrogens is 450 g/mol. The smallest absolute Gasteiger partial charge is 0.251 e. The van der Waals surface area contributed by atoms with Gasteiger partial charge in [-0.05, 0) is 31.9 Å². The van der Waals surface area contributed by atoms with Gasteiger partial charge >= 0.3 is 0 Å². The second-order valence-corrected chi connectivity index (χ2v) is 9.71. The molecule has 3 aromatic carbocycles. The molecule has 0 saturated carbocycles. The molecule has 0 spiro atoms. The Balaban J connectivity index is 1.50. The summed E-state index contributed by atoms with van der Waals surface area (Å²) in [7, 11) is 0. The van der Waals surface area contributed by atoms with Gasteiger partial charge < -0.3 is 9.88 Å². The van der Waals surface area contributed by atoms with Gasteiger partial charge in [-0.2, -0.15) is 0 Å². The quantitative estimate of drug-likeness (QED) is 0.181. The first-order chi connectivity index (χ1) is 17.2. The van der Waals surface area contributed by atoms with E-state index in [4.69, 9.17) is 4.98 Å². The number of amides is 1. The molecule has 0 aliphatic rings. The molecule has 0 fully saturated rings. The van der Waals surface area contributed by atoms with Crippen molar-refractivity contribution < 1.29 is 4.79 Å². The van der Waals surface area contributed by atoms with Gasteiger partial charge in [0, 0.05) is 35.5 Å². The number of imidazole rings is 1. The number of nitrogens with zero attached hydrogens (tertiary/aromatic N) is 2. The molecule has 1 N–H and O–H groups in total. The molecule has 0 radical (unpaired) electrons. The molecule has 0 aliphatic carbocycles. The van der Waals surface area contributed by atoms with E-state index in [0.29, 0.717) is 12.1 Å². The van der Waals surface area contributed by atoms with Crippen molar-refractivity contribution in [1.29, 1.82) is 0 Å². The van der Waals surface area contributed by atoms with Crippen LogP contribution in [-0.2, 0) is 6.54 Å². The Morgan fingerprint density at radius 2 is 1.54 bits per heavy atom. The fourth-order valence-corrected chi connectivity index (χ4v) is 4.96. The fourth-order valence-electron chi connectivity index (χ4n) is 4.00. The molecule has 5 heteroatoms. The summed E-state index contributed by atoms with van der Waals surface area (Å²) < 4.78 is 2.39. The first-order valence-corrected chi connectivity index (χ1v) is 13.3. The zero-order chi connectivity index (χ0) is 24.5. The number of carbonyl (C=O) groups is 1. The highest BCUT2D eigenvalue weighted by atomic mass is 32.2. The van der Waals surface area contributed by atoms with Crippen molar-refractivity contribution in [3.05, 3.63) is 96.1 Å². The second-order valence-electron chi connectivity index (χ2n) is 8.65. The topological polar surface area (TPSA) is 46.9 Å². The standard InChI is InChI=1S/C30H33N3OS/c1-3-4-21-33-28(25-14-9-6-10-15-25)27(24-12-7-5-8-13-24)32-30(33)35-22-11-20-31-29(34)26-18-16-23(2)17-19-26/h5-10,12-19H,3-4,11,20-22H2,1-2H3,(H,31,34). The van der Waals surface area contributed by atoms with Gasteiger partial charge in [0.1, 0.15) is 0 Å². The van der Waals surface area contributed by atoms with Gasteiger partial charge in [-0.25, -0.2) is 4.98 Å². The van der Waals surface area contributed by atoms with E-state index < -0.39 is 0 Å². The summed E-state index contributed by atoms with van der Waals surface area (Å²) in [6, 6.07) is 28.7. The fraction of sp³-hybridized carbons (Fsp3) is 0.267. The van der Waals surface area contributed by atoms with Crippen LogP contribution in [0.15, 0.2) is 90.1 Å². The molecule has 1 aromatic heterocycles. The molecule has 0 bridgehead atoms. The predicted molar refractivity (Wildman–Crippen MR) is 147 cm³/mol. The van der Waals surface area contributed by atoms with Crippen LogP contribution in [0.4, 0.5) is 0 Å². The van der Waals surface area contributed by atoms with Crippen LogP contribution in [0.25, 0.3) is 22.5 Å². The molecule has 0 atom stereocenters. The zero-order valence-corrected chi connectivity index (χ0v) is 21.4. The number of hydrogen-bond donors (Lipinski definition) is 1. The van der Waals surface area contributed by atoms with Gasteiger partial charge in [0.2, 0.25) is 0 Å². The molecule has 0 saturated heterocycles. The Morgan fingerprint density at radius 1 is 0.886 bits per heavy atom. The minimum absolute atomic E-state index is 0.0165. The number of hydrogen-bond acceptors (Lipinski definition) is 3. The summed E-state index contributed by atoms with van der Waals surface area (Å²) in [4.78, 5) is 17.5. The lowest BCUT2D eigenvalue weighted by Crippen LogP contribution is -2.24. The molecule has 4 rings (SSSR count). The Morgan fingerprint density at radius 3 is 2.20 bits per heavy atom. The SMILES string of the molecule is CCCCn1c(SCCCNC(=O)c2ccc(C)cc2)nc(-c2ccccc2)c1-c1ccccc1. The van der Waals surface area contributed by atoms with Crippen LogP contribution in [-0.4, -0.2) is 27.8 Å². The lowest BCUT2D eigenvalue weighted by atomic mass is 10.0. The number of nitrogens with one attached hydrogen (secondary N) is 1. The minimum atomic E-state index is -0.0165. The summed E-state index contributed by atoms with van der Waals surface area (Å²) >= 11 is 1.77. The van der Waals surface area contributed by atoms with E-state index in [-0.39, 0.29) is 5.91 Å². The third-order valence-corrected chi connectivity index (χ3v) is 6.98. The number of rotatable bonds is 11. The lowest BCUT2D eigenvalue weighted by molar-refractivity contribution is 0.0954. The van der Waals surface area contributed by atoms with Gasteiger partial charge in [-0.1, -0.05) is 103 Å². The highest BCUT2D eigenvalue weighted by molar-refractivity contribution is 7.99. The highest BCUT2D eigenvalue weighted by Gasteiger charge is 2.20. The first kappa shape index (κ1) is 24.8. The van der Waals surface area contributed by atoms with Crippen LogP contribution in [0.5, 0.6) is 0 Å². The van der Waals surface area contributed by atoms with E-state index in [9.17, 15) is 4.79 Å². The van der Waals surface area contributed by atoms with Gasteiger partial charge in [0.25, 0.3) is 5.91 Å². The maximum Gasteiger partial charge on any atom is 0.251 e. The van der Waals surface area contributed by atoms with E-state index in [1.807, 2.05) is 37.3 Å². The van der Waals surface area contributed by atoms with Crippen molar-refractivity contribution in [2.24, 2.45) is 0 Å². The molecule has 1 heterocycles. The van der Waals surface area contributed by atoms with E-state index >= 15 is 0 Å². The average Bonchev–Trinajstić information content (AvgIpc) is 3.26. The van der Waals surface area contributed by atoms with Crippen molar-refractivity contribution >= 4 is 17.7 Å². The number of thioether (sulfide) groups is 1. The van der Waals surface area contributed by atoms with Crippen molar-refractivity contribution in [2.45, 2.75) is 44.8 Å². The van der Waals surface area contributed by atoms with Gasteiger partial charge in [0.05, 0.1) is 11.4 Å². The minimum Gasteiger partial charge on any atom is -0.352 e. The van der Waals surface area contributed by atoms with Crippen LogP contribution in [0.2, 0.25) is 0 Å². The van der Waals surface area contributed by atoms with Crippen LogP contribution in [0.1, 0.15) is 42.1 Å². The molecule has 0 aliphatic heterocycles. The summed E-state index contributed by atoms with van der Waals surface area (Å²) in [6.07, 6.45) is 3.11. The van der Waals surface area contributed by atoms with Crippen LogP contribution >= 0.6 is 11.8 Å². The van der Waals surface area contributed by atoms with Crippen molar-refractivity contribution in [2.75, 3.05) is 12.3 Å². The van der Waals surface area contributed by atoms with Gasteiger partial charge in [-0.15, -0.1) is 0 Å². The molecule has 35 heavy (non-hydrogen) atoms. The number of aryl methyl sites for hydroxylation is 1. The monoisotopic (exact) mass is 483 g/mol. The average molecular weight is 484 g/mol. The van der Waals surface area contributed by atoms with Crippen LogP contribution in [0.3, 0.4) is 0 Å². The highest BCUT2D eigenvalue weighted by Crippen LogP contribution is 2.36. The van der Waals surface area contributed by atoms with E-state index in [0.717, 1.165) is 53.5 Å². The number of benzene rings is 3. The normalized spacial score (nSPS) is 10.9. The van der Waals surface area contributed by atoms with E-state index in [2.05, 4.69) is 71.4 Å². The van der Waals surface area contributed by atoms with Gasteiger partial charge in [0.15, 0.2) is 5.16 Å². The Hall–Kier alpha value is -3.31. The van der Waals surface area contributed by atoms with Crippen molar-refractivity contribution in [1.82, 2.24) is 14.9 Å². The molecule has 4 nitrogen and oxygen atoms in total. The maximum atomic E-state index is 12.4. The largest absolute Gasteiger partial charge is 0.352 e. The molecule has 180 valence electrons. The van der Waals surface area contributed by atoms with E-state index in [1.54, 1.807) is 11.8 Å². The van der Waals surface area contributed by atoms with Crippen LogP contribution < -0.4 is 5.32 Å². The maximum absolute atomic E-state index is 12.4. The number of carbonyl (C=O) groups excluding carboxylic acids is 1. The van der Waals surface area contributed by atoms with Crippen molar-refractivity contribution in [3.63, 3.8) is 0 Å². The van der Waals surface area contributed by atoms with Gasteiger partial charge in [-0.3, -0.25) is 4.79 Å². The zero-order valence-electron chi connectivity index (χ0n) is 20.5. The third-order valence-electron chi connectivity index (χ3n) is 5.91. The predicted octanol–water partition coefficient (Wildman–Crippen LogP) is 7.24. The van der Waals surface area contributed by atoms with Crippen LogP contribution in [0, 0.1) is 6.92 Å². The third kappa shape index (κ3) is 6.43. The molecular formula is C30H33N3OS. The Bertz CT molecular complexity index is 1220. The first-order valence-electron chi connectivity index (χ1n) is 12.4. The second kappa shape index (κ2) is 12.4. The summed E-state index contributed by atoms with van der Waals surface area (Å²) in [5, 5.41) is 4.09. The summed E-state index contributed by atoms with van der Waals surface area (Å²) in [5.41, 5.74) is 6.39. The van der Waals surface area contributed by atoms with E-state index in [1.165, 1.54) is 11.3 Å². The molecule has 1 amide bonds. The molecule has 0 unspecified atom stereocenters. The molecule has 4 aromatic rings. The van der Waals surface area contributed by atoms with Crippen molar-refractivity contribution in [3.8, 4) is 22.5 Å². The Labute approximate surface area is 212 Å². The number of aromatic nitrogens is 2. The number of unbranched alkanes of at least 4 members (excludes halogenated alkanes) is 1.